The van der Waals surface area contributed by atoms with Crippen LogP contribution in [0.4, 0.5) is 11.4 Å². The molecule has 0 saturated heterocycles. The Hall–Kier alpha value is -3.92. The highest BCUT2D eigenvalue weighted by molar-refractivity contribution is 5.99. The van der Waals surface area contributed by atoms with E-state index in [0.717, 1.165) is 51.2 Å². The van der Waals surface area contributed by atoms with E-state index in [9.17, 15) is 10.1 Å². The zero-order valence-electron chi connectivity index (χ0n) is 16.9. The Balaban J connectivity index is 1.59. The fraction of sp³-hybridized carbons (Fsp3) is 0.111. The summed E-state index contributed by atoms with van der Waals surface area (Å²) >= 11 is 0. The smallest absolute Gasteiger partial charge is 0.279 e. The van der Waals surface area contributed by atoms with Gasteiger partial charge in [0.05, 0.1) is 21.5 Å². The van der Waals surface area contributed by atoms with E-state index in [1.165, 1.54) is 11.1 Å². The molecule has 31 heavy (non-hydrogen) atoms. The van der Waals surface area contributed by atoms with E-state index in [2.05, 4.69) is 54.4 Å². The summed E-state index contributed by atoms with van der Waals surface area (Å²) < 4.78 is 0. The molecule has 0 amide bonds. The Bertz CT molecular complexity index is 1410. The molecule has 0 aromatic heterocycles. The van der Waals surface area contributed by atoms with Crippen molar-refractivity contribution >= 4 is 16.9 Å². The molecule has 0 atom stereocenters. The number of nitrogens with zero attached hydrogens (tertiary/aromatic N) is 2. The molecule has 0 fully saturated rings. The van der Waals surface area contributed by atoms with Crippen molar-refractivity contribution in [3.63, 3.8) is 0 Å². The zero-order valence-corrected chi connectivity index (χ0v) is 16.9. The van der Waals surface area contributed by atoms with Gasteiger partial charge < -0.3 is 4.90 Å². The van der Waals surface area contributed by atoms with E-state index >= 15 is 0 Å². The van der Waals surface area contributed by atoms with Crippen LogP contribution in [0.5, 0.6) is 0 Å². The molecule has 7 rings (SSSR count). The average molecular weight is 402 g/mol. The van der Waals surface area contributed by atoms with Crippen LogP contribution in [0.2, 0.25) is 0 Å². The molecule has 4 nitrogen and oxygen atoms in total. The first kappa shape index (κ1) is 16.8. The molecule has 1 heterocycles. The van der Waals surface area contributed by atoms with E-state index in [1.807, 2.05) is 36.4 Å². The van der Waals surface area contributed by atoms with Crippen molar-refractivity contribution in [1.82, 2.24) is 0 Å². The Labute approximate surface area is 179 Å². The number of para-hydroxylation sites is 2. The first-order valence-corrected chi connectivity index (χ1v) is 10.5. The molecular formula is C27H18N2O2. The van der Waals surface area contributed by atoms with Gasteiger partial charge in [0.15, 0.2) is 0 Å². The van der Waals surface area contributed by atoms with Crippen molar-refractivity contribution in [3.8, 4) is 0 Å². The van der Waals surface area contributed by atoms with Gasteiger partial charge in [-0.15, -0.1) is 0 Å². The number of hydrogen-bond acceptors (Lipinski definition) is 3. The lowest BCUT2D eigenvalue weighted by Gasteiger charge is -2.52. The predicted octanol–water partition coefficient (Wildman–Crippen LogP) is 5.55. The minimum absolute atomic E-state index is 0.178. The third-order valence-corrected chi connectivity index (χ3v) is 7.38. The highest BCUT2D eigenvalue weighted by Crippen LogP contribution is 2.68. The summed E-state index contributed by atoms with van der Waals surface area (Å²) in [6.45, 7) is 0. The molecular weight excluding hydrogens is 384 g/mol. The van der Waals surface area contributed by atoms with Crippen molar-refractivity contribution in [1.29, 1.82) is 0 Å². The highest BCUT2D eigenvalue weighted by Gasteiger charge is 2.64. The number of fused-ring (bicyclic) bond motifs is 5. The lowest BCUT2D eigenvalue weighted by molar-refractivity contribution is -0.426. The maximum atomic E-state index is 12.2. The van der Waals surface area contributed by atoms with Crippen molar-refractivity contribution in [2.24, 2.45) is 0 Å². The van der Waals surface area contributed by atoms with Crippen LogP contribution in [0, 0.1) is 10.1 Å². The van der Waals surface area contributed by atoms with Gasteiger partial charge in [-0.3, -0.25) is 10.1 Å². The monoisotopic (exact) mass is 402 g/mol. The summed E-state index contributed by atoms with van der Waals surface area (Å²) in [5.74, 6) is 0. The third-order valence-electron chi connectivity index (χ3n) is 7.38. The molecule has 0 saturated carbocycles. The average Bonchev–Trinajstić information content (AvgIpc) is 3.17. The van der Waals surface area contributed by atoms with Crippen LogP contribution in [-0.2, 0) is 11.8 Å². The second kappa shape index (κ2) is 5.41. The standard InChI is InChI=1S/C27H18N2O2/c1-28-23-12-6-4-10-20(23)27(21-11-5-7-13-24(21)28)22-15-18-17-9-3-2-8-16(17)14-19(18)25(27)26(22)29(30)31/h2-13,15H,14H2,1H3. The summed E-state index contributed by atoms with van der Waals surface area (Å²) in [6, 6.07) is 25.1. The van der Waals surface area contributed by atoms with Crippen LogP contribution in [-0.4, -0.2) is 12.0 Å². The van der Waals surface area contributed by atoms with Gasteiger partial charge in [-0.1, -0.05) is 60.7 Å². The summed E-state index contributed by atoms with van der Waals surface area (Å²) in [6.07, 6.45) is 2.84. The maximum Gasteiger partial charge on any atom is 0.279 e. The normalized spacial score (nSPS) is 18.7. The van der Waals surface area contributed by atoms with Gasteiger partial charge in [0.25, 0.3) is 5.70 Å². The molecule has 3 aromatic rings. The number of rotatable bonds is 1. The van der Waals surface area contributed by atoms with E-state index < -0.39 is 5.41 Å². The first-order valence-electron chi connectivity index (χ1n) is 10.5. The largest absolute Gasteiger partial charge is 0.344 e. The van der Waals surface area contributed by atoms with Crippen LogP contribution >= 0.6 is 0 Å². The van der Waals surface area contributed by atoms with Crippen LogP contribution < -0.4 is 4.90 Å². The van der Waals surface area contributed by atoms with E-state index in [0.29, 0.717) is 5.70 Å². The molecule has 0 N–H and O–H groups in total. The summed E-state index contributed by atoms with van der Waals surface area (Å²) in [5, 5.41) is 12.2. The Morgan fingerprint density at radius 3 is 2.19 bits per heavy atom. The van der Waals surface area contributed by atoms with Crippen molar-refractivity contribution in [2.75, 3.05) is 11.9 Å². The molecule has 0 radical (unpaired) electrons. The Morgan fingerprint density at radius 2 is 1.52 bits per heavy atom. The summed E-state index contributed by atoms with van der Waals surface area (Å²) in [7, 11) is 2.08. The molecule has 3 aliphatic carbocycles. The van der Waals surface area contributed by atoms with E-state index in [4.69, 9.17) is 0 Å². The minimum Gasteiger partial charge on any atom is -0.344 e. The Kier molecular flexibility index (Phi) is 2.94. The highest BCUT2D eigenvalue weighted by atomic mass is 16.6. The van der Waals surface area contributed by atoms with Gasteiger partial charge >= 0.3 is 0 Å². The van der Waals surface area contributed by atoms with E-state index in [-0.39, 0.29) is 4.92 Å². The topological polar surface area (TPSA) is 46.4 Å². The maximum absolute atomic E-state index is 12.2. The summed E-state index contributed by atoms with van der Waals surface area (Å²) in [5.41, 5.74) is 10.6. The second-order valence-electron chi connectivity index (χ2n) is 8.61. The number of nitro groups is 1. The van der Waals surface area contributed by atoms with Gasteiger partial charge in [-0.2, -0.15) is 0 Å². The Morgan fingerprint density at radius 1 is 0.903 bits per heavy atom. The first-order chi connectivity index (χ1) is 15.1. The number of hydrogen-bond donors (Lipinski definition) is 0. The van der Waals surface area contributed by atoms with Crippen LogP contribution in [0.1, 0.15) is 22.3 Å². The second-order valence-corrected chi connectivity index (χ2v) is 8.61. The van der Waals surface area contributed by atoms with Crippen molar-refractivity contribution in [2.45, 2.75) is 11.8 Å². The quantitative estimate of drug-likeness (QED) is 0.396. The SMILES string of the molecule is CN1c2ccccc2C2(c3ccccc31)c1cc3c(c2c1[N+](=O)[O-])Cc1ccccc1-3. The lowest BCUT2D eigenvalue weighted by Crippen LogP contribution is -2.49. The van der Waals surface area contributed by atoms with E-state index in [1.54, 1.807) is 0 Å². The zero-order chi connectivity index (χ0) is 20.9. The van der Waals surface area contributed by atoms with Gasteiger partial charge in [0, 0.05) is 18.4 Å². The number of anilines is 2. The molecule has 4 aliphatic rings. The van der Waals surface area contributed by atoms with Crippen molar-refractivity contribution < 1.29 is 4.92 Å². The van der Waals surface area contributed by atoms with Crippen LogP contribution in [0.3, 0.4) is 0 Å². The fourth-order valence-electron chi connectivity index (χ4n) is 6.22. The summed E-state index contributed by atoms with van der Waals surface area (Å²) in [4.78, 5) is 14.3. The molecule has 0 unspecified atom stereocenters. The van der Waals surface area contributed by atoms with Gasteiger partial charge in [-0.05, 0) is 58.0 Å². The molecule has 2 bridgehead atoms. The fourth-order valence-corrected chi connectivity index (χ4v) is 6.22. The minimum atomic E-state index is -0.580. The van der Waals surface area contributed by atoms with Gasteiger partial charge in [0.2, 0.25) is 0 Å². The predicted molar refractivity (Wildman–Crippen MR) is 121 cm³/mol. The number of allylic oxidation sites excluding steroid dienone is 5. The lowest BCUT2D eigenvalue weighted by atomic mass is 9.49. The molecule has 4 heteroatoms. The third kappa shape index (κ3) is 1.75. The van der Waals surface area contributed by atoms with Crippen molar-refractivity contribution in [3.05, 3.63) is 134 Å². The van der Waals surface area contributed by atoms with Crippen LogP contribution in [0.15, 0.2) is 101 Å². The molecule has 1 aliphatic heterocycles. The van der Waals surface area contributed by atoms with Crippen LogP contribution in [0.25, 0.3) is 5.57 Å². The van der Waals surface area contributed by atoms with Gasteiger partial charge in [0.1, 0.15) is 0 Å². The number of benzene rings is 3. The molecule has 1 spiro atoms. The molecule has 148 valence electrons. The molecule has 3 aromatic carbocycles. The van der Waals surface area contributed by atoms with Gasteiger partial charge in [-0.25, -0.2) is 0 Å².